The summed E-state index contributed by atoms with van der Waals surface area (Å²) in [5.74, 6) is -0.718. The van der Waals surface area contributed by atoms with Crippen LogP contribution in [0.25, 0.3) is 10.8 Å². The quantitative estimate of drug-likeness (QED) is 0.686. The maximum absolute atomic E-state index is 13.2. The molecule has 5 nitrogen and oxygen atoms in total. The largest absolute Gasteiger partial charge is 0.336 e. The third-order valence-electron chi connectivity index (χ3n) is 5.25. The fourth-order valence-corrected chi connectivity index (χ4v) is 3.85. The van der Waals surface area contributed by atoms with Crippen LogP contribution >= 0.6 is 11.6 Å². The molecule has 4 rings (SSSR count). The summed E-state index contributed by atoms with van der Waals surface area (Å²) < 4.78 is 13.2. The molecule has 1 saturated heterocycles. The lowest BCUT2D eigenvalue weighted by Crippen LogP contribution is -2.50. The van der Waals surface area contributed by atoms with Crippen LogP contribution in [0.5, 0.6) is 0 Å². The van der Waals surface area contributed by atoms with Gasteiger partial charge in [0.05, 0.1) is 11.6 Å². The number of carbonyl (C=O) groups is 2. The predicted molar refractivity (Wildman–Crippen MR) is 116 cm³/mol. The van der Waals surface area contributed by atoms with Crippen molar-refractivity contribution in [3.8, 4) is 0 Å². The highest BCUT2D eigenvalue weighted by atomic mass is 35.5. The Balaban J connectivity index is 1.33. The van der Waals surface area contributed by atoms with Crippen molar-refractivity contribution in [1.82, 2.24) is 9.80 Å². The Hall–Kier alpha value is -2.96. The van der Waals surface area contributed by atoms with Crippen molar-refractivity contribution in [2.75, 3.05) is 38.0 Å². The van der Waals surface area contributed by atoms with Gasteiger partial charge < -0.3 is 10.2 Å². The Morgan fingerprint density at radius 2 is 1.70 bits per heavy atom. The third kappa shape index (κ3) is 4.45. The van der Waals surface area contributed by atoms with Crippen LogP contribution in [0.3, 0.4) is 0 Å². The summed E-state index contributed by atoms with van der Waals surface area (Å²) in [5, 5.41) is 4.68. The minimum atomic E-state index is -0.526. The number of nitrogens with zero attached hydrogens (tertiary/aromatic N) is 2. The summed E-state index contributed by atoms with van der Waals surface area (Å²) in [6.45, 7) is 2.52. The molecule has 1 heterocycles. The molecule has 3 aromatic carbocycles. The second-order valence-corrected chi connectivity index (χ2v) is 7.68. The topological polar surface area (TPSA) is 52.7 Å². The third-order valence-corrected chi connectivity index (χ3v) is 5.54. The van der Waals surface area contributed by atoms with Crippen LogP contribution in [-0.2, 0) is 4.79 Å². The zero-order chi connectivity index (χ0) is 21.1. The molecule has 0 unspecified atom stereocenters. The highest BCUT2D eigenvalue weighted by Crippen LogP contribution is 2.21. The molecule has 1 N–H and O–H groups in total. The fourth-order valence-electron chi connectivity index (χ4n) is 3.67. The van der Waals surface area contributed by atoms with E-state index < -0.39 is 5.82 Å². The van der Waals surface area contributed by atoms with Gasteiger partial charge in [0.15, 0.2) is 0 Å². The molecule has 7 heteroatoms. The molecule has 0 saturated carbocycles. The number of benzene rings is 3. The molecule has 30 heavy (non-hydrogen) atoms. The van der Waals surface area contributed by atoms with Crippen LogP contribution in [-0.4, -0.2) is 54.3 Å². The van der Waals surface area contributed by atoms with E-state index in [1.165, 1.54) is 18.2 Å². The van der Waals surface area contributed by atoms with E-state index in [-0.39, 0.29) is 23.4 Å². The van der Waals surface area contributed by atoms with Crippen molar-refractivity contribution in [3.63, 3.8) is 0 Å². The van der Waals surface area contributed by atoms with Gasteiger partial charge in [-0.3, -0.25) is 14.5 Å². The van der Waals surface area contributed by atoms with E-state index in [9.17, 15) is 14.0 Å². The van der Waals surface area contributed by atoms with Gasteiger partial charge >= 0.3 is 0 Å². The Morgan fingerprint density at radius 1 is 0.967 bits per heavy atom. The number of hydrogen-bond donors (Lipinski definition) is 1. The van der Waals surface area contributed by atoms with Crippen molar-refractivity contribution >= 4 is 39.9 Å². The Kier molecular flexibility index (Phi) is 5.97. The first-order chi connectivity index (χ1) is 14.5. The maximum Gasteiger partial charge on any atom is 0.254 e. The van der Waals surface area contributed by atoms with Crippen LogP contribution in [0, 0.1) is 5.82 Å². The molecule has 1 fully saturated rings. The monoisotopic (exact) mass is 425 g/mol. The van der Waals surface area contributed by atoms with Gasteiger partial charge in [-0.25, -0.2) is 4.39 Å². The minimum Gasteiger partial charge on any atom is -0.336 e. The van der Waals surface area contributed by atoms with Crippen LogP contribution in [0.15, 0.2) is 60.7 Å². The molecule has 1 aliphatic heterocycles. The molecule has 0 bridgehead atoms. The first-order valence-corrected chi connectivity index (χ1v) is 10.1. The number of piperazine rings is 1. The van der Waals surface area contributed by atoms with Gasteiger partial charge in [-0.1, -0.05) is 48.0 Å². The summed E-state index contributed by atoms with van der Waals surface area (Å²) in [7, 11) is 0. The molecule has 3 aromatic rings. The highest BCUT2D eigenvalue weighted by molar-refractivity contribution is 6.31. The molecule has 0 radical (unpaired) electrons. The average Bonchev–Trinajstić information content (AvgIpc) is 2.76. The summed E-state index contributed by atoms with van der Waals surface area (Å²) >= 11 is 5.75. The maximum atomic E-state index is 13.2. The second kappa shape index (κ2) is 8.81. The molecule has 1 aliphatic rings. The van der Waals surface area contributed by atoms with E-state index >= 15 is 0 Å². The summed E-state index contributed by atoms with van der Waals surface area (Å²) in [5.41, 5.74) is 1.16. The highest BCUT2D eigenvalue weighted by Gasteiger charge is 2.24. The van der Waals surface area contributed by atoms with Gasteiger partial charge in [0.25, 0.3) is 5.91 Å². The van der Waals surface area contributed by atoms with Crippen molar-refractivity contribution < 1.29 is 14.0 Å². The molecular formula is C23H21ClFN3O2. The van der Waals surface area contributed by atoms with Gasteiger partial charge in [0.1, 0.15) is 5.82 Å². The van der Waals surface area contributed by atoms with Gasteiger partial charge in [0, 0.05) is 37.4 Å². The number of anilines is 1. The first kappa shape index (κ1) is 20.3. The molecule has 0 atom stereocenters. The molecule has 154 valence electrons. The lowest BCUT2D eigenvalue weighted by molar-refractivity contribution is -0.117. The Morgan fingerprint density at radius 3 is 2.47 bits per heavy atom. The summed E-state index contributed by atoms with van der Waals surface area (Å²) in [6, 6.07) is 17.7. The van der Waals surface area contributed by atoms with Gasteiger partial charge in [0.2, 0.25) is 5.91 Å². The smallest absolute Gasteiger partial charge is 0.254 e. The normalized spacial score (nSPS) is 14.7. The van der Waals surface area contributed by atoms with Crippen LogP contribution in [0.2, 0.25) is 5.02 Å². The van der Waals surface area contributed by atoms with Crippen LogP contribution in [0.1, 0.15) is 10.4 Å². The van der Waals surface area contributed by atoms with Gasteiger partial charge in [-0.2, -0.15) is 0 Å². The van der Waals surface area contributed by atoms with E-state index in [0.717, 1.165) is 10.8 Å². The van der Waals surface area contributed by atoms with Crippen LogP contribution in [0.4, 0.5) is 10.1 Å². The Labute approximate surface area is 179 Å². The van der Waals surface area contributed by atoms with Crippen molar-refractivity contribution in [1.29, 1.82) is 0 Å². The van der Waals surface area contributed by atoms with Crippen LogP contribution < -0.4 is 5.32 Å². The van der Waals surface area contributed by atoms with Crippen molar-refractivity contribution in [2.24, 2.45) is 0 Å². The van der Waals surface area contributed by atoms with Gasteiger partial charge in [-0.05, 0) is 35.0 Å². The lowest BCUT2D eigenvalue weighted by Gasteiger charge is -2.34. The second-order valence-electron chi connectivity index (χ2n) is 7.27. The number of hydrogen-bond acceptors (Lipinski definition) is 3. The zero-order valence-corrected chi connectivity index (χ0v) is 17.0. The molecule has 0 aliphatic carbocycles. The number of carbonyl (C=O) groups excluding carboxylic acids is 2. The molecule has 2 amide bonds. The van der Waals surface area contributed by atoms with E-state index in [0.29, 0.717) is 37.4 Å². The van der Waals surface area contributed by atoms with Gasteiger partial charge in [-0.15, -0.1) is 0 Å². The number of amides is 2. The fraction of sp³-hybridized carbons (Fsp3) is 0.217. The predicted octanol–water partition coefficient (Wildman–Crippen LogP) is 4.03. The lowest BCUT2D eigenvalue weighted by atomic mass is 10.0. The first-order valence-electron chi connectivity index (χ1n) is 9.75. The summed E-state index contributed by atoms with van der Waals surface area (Å²) in [6.07, 6.45) is 0. The number of rotatable bonds is 4. The Bertz CT molecular complexity index is 1090. The average molecular weight is 426 g/mol. The minimum absolute atomic E-state index is 0.0110. The molecule has 0 aromatic heterocycles. The van der Waals surface area contributed by atoms with E-state index in [4.69, 9.17) is 11.6 Å². The molecule has 0 spiro atoms. The number of fused-ring (bicyclic) bond motifs is 1. The number of halogens is 2. The van der Waals surface area contributed by atoms with E-state index in [1.54, 1.807) is 0 Å². The van der Waals surface area contributed by atoms with Crippen molar-refractivity contribution in [3.05, 3.63) is 77.1 Å². The zero-order valence-electron chi connectivity index (χ0n) is 16.3. The van der Waals surface area contributed by atoms with Crippen molar-refractivity contribution in [2.45, 2.75) is 0 Å². The summed E-state index contributed by atoms with van der Waals surface area (Å²) in [4.78, 5) is 29.1. The van der Waals surface area contributed by atoms with E-state index in [1.807, 2.05) is 52.3 Å². The standard InChI is InChI=1S/C23H21ClFN3O2/c24-20-14-17(8-9-21(20)25)26-22(29)15-27-10-12-28(13-11-27)23(30)19-7-3-5-16-4-1-2-6-18(16)19/h1-9,14H,10-13,15H2,(H,26,29). The molecular weight excluding hydrogens is 405 g/mol. The SMILES string of the molecule is O=C(CN1CCN(C(=O)c2cccc3ccccc23)CC1)Nc1ccc(F)c(Cl)c1. The number of nitrogens with one attached hydrogen (secondary N) is 1. The van der Waals surface area contributed by atoms with E-state index in [2.05, 4.69) is 5.32 Å².